The van der Waals surface area contributed by atoms with Gasteiger partial charge in [0.25, 0.3) is 0 Å². The van der Waals surface area contributed by atoms with Crippen LogP contribution in [0.4, 0.5) is 0 Å². The average molecular weight is 436 g/mol. The lowest BCUT2D eigenvalue weighted by Gasteiger charge is -2.04. The quantitative estimate of drug-likeness (QED) is 0.451. The Morgan fingerprint density at radius 2 is 1.74 bits per heavy atom. The average Bonchev–Trinajstić information content (AvgIpc) is 3.10. The molecule has 0 atom stereocenters. The molecule has 6 nitrogen and oxygen atoms in total. The van der Waals surface area contributed by atoms with Crippen molar-refractivity contribution in [3.05, 3.63) is 95.3 Å². The number of methoxy groups -OCH3 is 1. The molecule has 2 N–H and O–H groups in total. The number of hydrogen-bond acceptors (Lipinski definition) is 5. The molecule has 0 saturated carbocycles. The fourth-order valence-electron chi connectivity index (χ4n) is 3.17. The highest BCUT2D eigenvalue weighted by molar-refractivity contribution is 5.85. The molecule has 7 heteroatoms. The molecule has 0 amide bonds. The molecule has 0 fully saturated rings. The third-order valence-electron chi connectivity index (χ3n) is 4.71. The lowest BCUT2D eigenvalue weighted by Crippen LogP contribution is -1.98. The first-order valence-electron chi connectivity index (χ1n) is 9.47. The largest absolute Gasteiger partial charge is 0.504 e. The topological polar surface area (TPSA) is 80.4 Å². The number of pyridine rings is 1. The second-order valence-electron chi connectivity index (χ2n) is 6.71. The van der Waals surface area contributed by atoms with Crippen LogP contribution in [0.5, 0.6) is 17.4 Å². The molecule has 0 saturated heterocycles. The minimum absolute atomic E-state index is 0. The lowest BCUT2D eigenvalue weighted by atomic mass is 10.0. The number of phenols is 1. The molecule has 2 aromatic heterocycles. The van der Waals surface area contributed by atoms with Crippen molar-refractivity contribution in [1.82, 2.24) is 14.8 Å². The van der Waals surface area contributed by atoms with Gasteiger partial charge in [0.15, 0.2) is 17.3 Å². The SMILES string of the molecule is COc1cc(/C=C/c2nn(-c3ccccn3)c(O)c2Cc2ccccc2)ccc1O.Cl. The number of phenolic OH excluding ortho intramolecular Hbond substituents is 1. The van der Waals surface area contributed by atoms with Gasteiger partial charge in [0.1, 0.15) is 0 Å². The van der Waals surface area contributed by atoms with Gasteiger partial charge in [-0.05, 0) is 41.5 Å². The maximum absolute atomic E-state index is 10.9. The highest BCUT2D eigenvalue weighted by Crippen LogP contribution is 2.30. The molecule has 158 valence electrons. The molecule has 0 unspecified atom stereocenters. The first-order valence-corrected chi connectivity index (χ1v) is 9.47. The van der Waals surface area contributed by atoms with E-state index in [1.807, 2.05) is 54.6 Å². The molecule has 0 bridgehead atoms. The molecule has 0 aliphatic carbocycles. The summed E-state index contributed by atoms with van der Waals surface area (Å²) in [7, 11) is 1.51. The summed E-state index contributed by atoms with van der Waals surface area (Å²) in [4.78, 5) is 4.29. The van der Waals surface area contributed by atoms with Gasteiger partial charge in [0.05, 0.1) is 12.8 Å². The van der Waals surface area contributed by atoms with Gasteiger partial charge in [0, 0.05) is 18.2 Å². The molecule has 2 heterocycles. The van der Waals surface area contributed by atoms with E-state index in [1.54, 1.807) is 30.5 Å². The highest BCUT2D eigenvalue weighted by Gasteiger charge is 2.18. The number of halogens is 1. The van der Waals surface area contributed by atoms with E-state index in [0.717, 1.165) is 11.1 Å². The molecule has 0 aliphatic heterocycles. The fourth-order valence-corrected chi connectivity index (χ4v) is 3.17. The Hall–Kier alpha value is -3.77. The minimum atomic E-state index is 0. The smallest absolute Gasteiger partial charge is 0.219 e. The van der Waals surface area contributed by atoms with Gasteiger partial charge >= 0.3 is 0 Å². The standard InChI is InChI=1S/C24H21N3O3.ClH/c1-30-22-16-18(11-13-21(22)28)10-12-20-19(15-17-7-3-2-4-8-17)24(29)27(26-20)23-9-5-6-14-25-23;/h2-14,16,28-29H,15H2,1H3;1H/b12-10+;. The number of benzene rings is 2. The van der Waals surface area contributed by atoms with Crippen LogP contribution in [0.3, 0.4) is 0 Å². The van der Waals surface area contributed by atoms with E-state index in [9.17, 15) is 10.2 Å². The third-order valence-corrected chi connectivity index (χ3v) is 4.71. The van der Waals surface area contributed by atoms with Gasteiger partial charge in [-0.25, -0.2) is 4.98 Å². The zero-order valence-corrected chi connectivity index (χ0v) is 17.7. The first kappa shape index (κ1) is 21.9. The van der Waals surface area contributed by atoms with Crippen molar-refractivity contribution in [3.8, 4) is 23.2 Å². The Morgan fingerprint density at radius 1 is 0.968 bits per heavy atom. The van der Waals surface area contributed by atoms with Gasteiger partial charge in [-0.3, -0.25) is 0 Å². The fraction of sp³-hybridized carbons (Fsp3) is 0.0833. The number of nitrogens with zero attached hydrogens (tertiary/aromatic N) is 3. The van der Waals surface area contributed by atoms with Crippen LogP contribution in [0.1, 0.15) is 22.4 Å². The zero-order chi connectivity index (χ0) is 20.9. The van der Waals surface area contributed by atoms with E-state index < -0.39 is 0 Å². The Bertz CT molecular complexity index is 1180. The molecular formula is C24H22ClN3O3. The van der Waals surface area contributed by atoms with Crippen LogP contribution < -0.4 is 4.74 Å². The van der Waals surface area contributed by atoms with Crippen molar-refractivity contribution >= 4 is 24.6 Å². The van der Waals surface area contributed by atoms with Gasteiger partial charge < -0.3 is 14.9 Å². The van der Waals surface area contributed by atoms with Crippen molar-refractivity contribution < 1.29 is 14.9 Å². The van der Waals surface area contributed by atoms with E-state index in [-0.39, 0.29) is 24.0 Å². The minimum Gasteiger partial charge on any atom is -0.504 e. The summed E-state index contributed by atoms with van der Waals surface area (Å²) in [6.45, 7) is 0. The number of aromatic hydroxyl groups is 2. The summed E-state index contributed by atoms with van der Waals surface area (Å²) in [5.74, 6) is 1.07. The molecule has 0 aliphatic rings. The summed E-state index contributed by atoms with van der Waals surface area (Å²) in [6, 6.07) is 20.4. The molecule has 0 radical (unpaired) electrons. The maximum Gasteiger partial charge on any atom is 0.219 e. The van der Waals surface area contributed by atoms with Crippen LogP contribution in [0, 0.1) is 0 Å². The molecule has 2 aromatic carbocycles. The van der Waals surface area contributed by atoms with Crippen LogP contribution in [-0.4, -0.2) is 32.1 Å². The molecule has 4 rings (SSSR count). The summed E-state index contributed by atoms with van der Waals surface area (Å²) >= 11 is 0. The third kappa shape index (κ3) is 4.87. The normalized spacial score (nSPS) is 10.7. The molecule has 0 spiro atoms. The van der Waals surface area contributed by atoms with Gasteiger partial charge in [0.2, 0.25) is 5.88 Å². The second kappa shape index (κ2) is 9.82. The maximum atomic E-state index is 10.9. The van der Waals surface area contributed by atoms with E-state index >= 15 is 0 Å². The van der Waals surface area contributed by atoms with Crippen molar-refractivity contribution in [2.24, 2.45) is 0 Å². The second-order valence-corrected chi connectivity index (χ2v) is 6.71. The lowest BCUT2D eigenvalue weighted by molar-refractivity contribution is 0.373. The number of hydrogen-bond donors (Lipinski definition) is 2. The molecular weight excluding hydrogens is 414 g/mol. The predicted octanol–water partition coefficient (Wildman–Crippen LogP) is 4.87. The highest BCUT2D eigenvalue weighted by atomic mass is 35.5. The summed E-state index contributed by atoms with van der Waals surface area (Å²) in [6.07, 6.45) is 5.88. The summed E-state index contributed by atoms with van der Waals surface area (Å²) in [5.41, 5.74) is 3.24. The van der Waals surface area contributed by atoms with E-state index in [2.05, 4.69) is 10.1 Å². The summed E-state index contributed by atoms with van der Waals surface area (Å²) < 4.78 is 6.61. The van der Waals surface area contributed by atoms with Crippen molar-refractivity contribution in [1.29, 1.82) is 0 Å². The van der Waals surface area contributed by atoms with Crippen LogP contribution in [0.25, 0.3) is 18.0 Å². The zero-order valence-electron chi connectivity index (χ0n) is 16.8. The van der Waals surface area contributed by atoms with Crippen LogP contribution >= 0.6 is 12.4 Å². The first-order chi connectivity index (χ1) is 14.7. The molecule has 31 heavy (non-hydrogen) atoms. The van der Waals surface area contributed by atoms with Crippen molar-refractivity contribution in [2.45, 2.75) is 6.42 Å². The van der Waals surface area contributed by atoms with E-state index in [4.69, 9.17) is 4.74 Å². The van der Waals surface area contributed by atoms with Crippen LogP contribution in [-0.2, 0) is 6.42 Å². The molecule has 4 aromatic rings. The summed E-state index contributed by atoms with van der Waals surface area (Å²) in [5, 5.41) is 25.3. The number of aromatic nitrogens is 3. The number of ether oxygens (including phenoxy) is 1. The van der Waals surface area contributed by atoms with Crippen LogP contribution in [0.15, 0.2) is 72.9 Å². The van der Waals surface area contributed by atoms with E-state index in [0.29, 0.717) is 29.2 Å². The Labute approximate surface area is 186 Å². The van der Waals surface area contributed by atoms with Gasteiger partial charge in [-0.2, -0.15) is 9.78 Å². The van der Waals surface area contributed by atoms with Crippen molar-refractivity contribution in [3.63, 3.8) is 0 Å². The van der Waals surface area contributed by atoms with Crippen LogP contribution in [0.2, 0.25) is 0 Å². The van der Waals surface area contributed by atoms with Gasteiger partial charge in [-0.15, -0.1) is 12.4 Å². The monoisotopic (exact) mass is 435 g/mol. The predicted molar refractivity (Wildman–Crippen MR) is 123 cm³/mol. The van der Waals surface area contributed by atoms with E-state index in [1.165, 1.54) is 11.8 Å². The Kier molecular flexibility index (Phi) is 6.95. The Balaban J connectivity index is 0.00000272. The number of rotatable bonds is 6. The van der Waals surface area contributed by atoms with Gasteiger partial charge in [-0.1, -0.05) is 48.5 Å². The van der Waals surface area contributed by atoms with Crippen molar-refractivity contribution in [2.75, 3.05) is 7.11 Å². The Morgan fingerprint density at radius 3 is 2.45 bits per heavy atom.